The van der Waals surface area contributed by atoms with E-state index in [1.165, 1.54) is 20.4 Å². The van der Waals surface area contributed by atoms with Crippen molar-refractivity contribution in [2.45, 2.75) is 32.1 Å². The van der Waals surface area contributed by atoms with Crippen LogP contribution in [0.25, 0.3) is 0 Å². The summed E-state index contributed by atoms with van der Waals surface area (Å²) in [5.74, 6) is 0.764. The van der Waals surface area contributed by atoms with Gasteiger partial charge in [0, 0.05) is 33.1 Å². The number of aromatic nitrogens is 2. The van der Waals surface area contributed by atoms with Crippen LogP contribution < -0.4 is 0 Å². The second-order valence-electron chi connectivity index (χ2n) is 5.17. The molecule has 0 unspecified atom stereocenters. The Kier molecular flexibility index (Phi) is 4.05. The van der Waals surface area contributed by atoms with Gasteiger partial charge in [0.2, 0.25) is 0 Å². The van der Waals surface area contributed by atoms with E-state index in [1.807, 2.05) is 0 Å². The molecule has 106 valence electrons. The van der Waals surface area contributed by atoms with Crippen LogP contribution in [0.15, 0.2) is 12.5 Å². The average molecular weight is 285 g/mol. The van der Waals surface area contributed by atoms with Gasteiger partial charge in [0.15, 0.2) is 0 Å². The SMILES string of the molecule is CN(C)S(=O)(=O)n1cnc(CC2CCC(=O)CC2)c1. The Morgan fingerprint density at radius 3 is 2.58 bits per heavy atom. The molecule has 0 atom stereocenters. The van der Waals surface area contributed by atoms with E-state index < -0.39 is 10.2 Å². The van der Waals surface area contributed by atoms with Crippen LogP contribution >= 0.6 is 0 Å². The lowest BCUT2D eigenvalue weighted by Gasteiger charge is -2.19. The van der Waals surface area contributed by atoms with Crippen LogP contribution in [-0.4, -0.2) is 41.6 Å². The highest BCUT2D eigenvalue weighted by molar-refractivity contribution is 7.87. The van der Waals surface area contributed by atoms with Crippen molar-refractivity contribution in [1.82, 2.24) is 13.3 Å². The van der Waals surface area contributed by atoms with Crippen LogP contribution in [0.5, 0.6) is 0 Å². The fourth-order valence-corrected chi connectivity index (χ4v) is 3.06. The van der Waals surface area contributed by atoms with Gasteiger partial charge in [0.05, 0.1) is 5.69 Å². The summed E-state index contributed by atoms with van der Waals surface area (Å²) in [7, 11) is -0.497. The van der Waals surface area contributed by atoms with E-state index in [1.54, 1.807) is 6.20 Å². The number of hydrogen-bond acceptors (Lipinski definition) is 4. The van der Waals surface area contributed by atoms with Gasteiger partial charge in [-0.15, -0.1) is 0 Å². The second kappa shape index (κ2) is 5.42. The Morgan fingerprint density at radius 2 is 2.00 bits per heavy atom. The smallest absolute Gasteiger partial charge is 0.300 e. The number of rotatable bonds is 4. The molecule has 6 nitrogen and oxygen atoms in total. The van der Waals surface area contributed by atoms with E-state index in [0.717, 1.165) is 33.2 Å². The van der Waals surface area contributed by atoms with Crippen LogP contribution in [0, 0.1) is 5.92 Å². The zero-order valence-electron chi connectivity index (χ0n) is 11.2. The van der Waals surface area contributed by atoms with Gasteiger partial charge < -0.3 is 0 Å². The number of hydrogen-bond donors (Lipinski definition) is 0. The maximum atomic E-state index is 11.9. The molecule has 0 radical (unpaired) electrons. The van der Waals surface area contributed by atoms with Crippen molar-refractivity contribution in [3.63, 3.8) is 0 Å². The molecule has 7 heteroatoms. The van der Waals surface area contributed by atoms with Crippen LogP contribution in [0.1, 0.15) is 31.4 Å². The van der Waals surface area contributed by atoms with Gasteiger partial charge in [-0.05, 0) is 25.2 Å². The lowest BCUT2D eigenvalue weighted by molar-refractivity contribution is -0.121. The fraction of sp³-hybridized carbons (Fsp3) is 0.667. The summed E-state index contributed by atoms with van der Waals surface area (Å²) in [6.07, 6.45) is 6.68. The largest absolute Gasteiger partial charge is 0.308 e. The summed E-state index contributed by atoms with van der Waals surface area (Å²) in [5, 5.41) is 0. The third-order valence-electron chi connectivity index (χ3n) is 3.50. The van der Waals surface area contributed by atoms with E-state index in [0.29, 0.717) is 24.5 Å². The van der Waals surface area contributed by atoms with E-state index in [4.69, 9.17) is 0 Å². The monoisotopic (exact) mass is 285 g/mol. The van der Waals surface area contributed by atoms with Crippen molar-refractivity contribution < 1.29 is 13.2 Å². The Bertz CT molecular complexity index is 553. The predicted octanol–water partition coefficient (Wildman–Crippen LogP) is 0.839. The first-order valence-electron chi connectivity index (χ1n) is 6.37. The Morgan fingerprint density at radius 1 is 1.37 bits per heavy atom. The van der Waals surface area contributed by atoms with Gasteiger partial charge >= 0.3 is 10.2 Å². The minimum atomic E-state index is -3.47. The number of carbonyl (C=O) groups excluding carboxylic acids is 1. The van der Waals surface area contributed by atoms with E-state index in [9.17, 15) is 13.2 Å². The molecule has 1 saturated carbocycles. The summed E-state index contributed by atoms with van der Waals surface area (Å²) in [4.78, 5) is 15.3. The van der Waals surface area contributed by atoms with Crippen LogP contribution in [0.2, 0.25) is 0 Å². The molecule has 1 aliphatic carbocycles. The third-order valence-corrected chi connectivity index (χ3v) is 5.16. The van der Waals surface area contributed by atoms with Gasteiger partial charge in [-0.25, -0.2) is 8.96 Å². The summed E-state index contributed by atoms with van der Waals surface area (Å²) < 4.78 is 26.1. The third kappa shape index (κ3) is 3.22. The first-order chi connectivity index (χ1) is 8.89. The van der Waals surface area contributed by atoms with Gasteiger partial charge in [-0.1, -0.05) is 0 Å². The molecule has 0 aliphatic heterocycles. The molecule has 0 spiro atoms. The van der Waals surface area contributed by atoms with Crippen LogP contribution in [0.3, 0.4) is 0 Å². The number of nitrogens with zero attached hydrogens (tertiary/aromatic N) is 3. The second-order valence-corrected chi connectivity index (χ2v) is 7.22. The molecular formula is C12H19N3O3S. The highest BCUT2D eigenvalue weighted by atomic mass is 32.2. The summed E-state index contributed by atoms with van der Waals surface area (Å²) in [5.41, 5.74) is 0.768. The average Bonchev–Trinajstić information content (AvgIpc) is 2.81. The maximum absolute atomic E-state index is 11.9. The number of carbonyl (C=O) groups is 1. The maximum Gasteiger partial charge on any atom is 0.308 e. The summed E-state index contributed by atoms with van der Waals surface area (Å²) >= 11 is 0. The normalized spacial score (nSPS) is 18.2. The number of ketones is 1. The number of imidazole rings is 1. The summed E-state index contributed by atoms with van der Waals surface area (Å²) in [6.45, 7) is 0. The molecule has 0 aromatic carbocycles. The van der Waals surface area contributed by atoms with Crippen LogP contribution in [0.4, 0.5) is 0 Å². The molecule has 1 aliphatic rings. The lowest BCUT2D eigenvalue weighted by atomic mass is 9.85. The van der Waals surface area contributed by atoms with Crippen molar-refractivity contribution in [2.24, 2.45) is 5.92 Å². The molecule has 19 heavy (non-hydrogen) atoms. The molecule has 1 heterocycles. The first-order valence-corrected chi connectivity index (χ1v) is 7.77. The van der Waals surface area contributed by atoms with Gasteiger partial charge in [-0.2, -0.15) is 12.7 Å². The fourth-order valence-electron chi connectivity index (χ4n) is 2.26. The molecule has 0 N–H and O–H groups in total. The molecule has 0 amide bonds. The van der Waals surface area contributed by atoms with Crippen molar-refractivity contribution in [2.75, 3.05) is 14.1 Å². The lowest BCUT2D eigenvalue weighted by Crippen LogP contribution is -2.27. The zero-order valence-corrected chi connectivity index (χ0v) is 12.1. The Hall–Kier alpha value is -1.21. The molecule has 0 saturated heterocycles. The molecule has 0 bridgehead atoms. The molecular weight excluding hydrogens is 266 g/mol. The number of Topliss-reactive ketones (excluding diaryl/α,β-unsaturated/α-hetero) is 1. The van der Waals surface area contributed by atoms with Crippen molar-refractivity contribution in [3.8, 4) is 0 Å². The van der Waals surface area contributed by atoms with Crippen LogP contribution in [-0.2, 0) is 21.4 Å². The van der Waals surface area contributed by atoms with Gasteiger partial charge in [0.1, 0.15) is 12.1 Å². The van der Waals surface area contributed by atoms with Gasteiger partial charge in [0.25, 0.3) is 0 Å². The zero-order chi connectivity index (χ0) is 14.0. The standard InChI is InChI=1S/C12H19N3O3S/c1-14(2)19(17,18)15-8-11(13-9-15)7-10-3-5-12(16)6-4-10/h8-10H,3-7H2,1-2H3. The van der Waals surface area contributed by atoms with E-state index in [2.05, 4.69) is 4.98 Å². The molecule has 1 aromatic rings. The Labute approximate surface area is 113 Å². The summed E-state index contributed by atoms with van der Waals surface area (Å²) in [6, 6.07) is 0. The Balaban J connectivity index is 2.04. The van der Waals surface area contributed by atoms with E-state index in [-0.39, 0.29) is 0 Å². The van der Waals surface area contributed by atoms with Crippen molar-refractivity contribution in [3.05, 3.63) is 18.2 Å². The minimum Gasteiger partial charge on any atom is -0.300 e. The van der Waals surface area contributed by atoms with Crippen molar-refractivity contribution >= 4 is 16.0 Å². The van der Waals surface area contributed by atoms with Gasteiger partial charge in [-0.3, -0.25) is 4.79 Å². The molecule has 1 fully saturated rings. The van der Waals surface area contributed by atoms with Crippen molar-refractivity contribution in [1.29, 1.82) is 0 Å². The highest BCUT2D eigenvalue weighted by Gasteiger charge is 2.21. The van der Waals surface area contributed by atoms with E-state index >= 15 is 0 Å². The minimum absolute atomic E-state index is 0.331. The molecule has 2 rings (SSSR count). The quantitative estimate of drug-likeness (QED) is 0.822. The first kappa shape index (κ1) is 14.2. The predicted molar refractivity (Wildman–Crippen MR) is 70.9 cm³/mol. The molecule has 1 aromatic heterocycles. The highest BCUT2D eigenvalue weighted by Crippen LogP contribution is 2.24. The topological polar surface area (TPSA) is 72.3 Å².